The second kappa shape index (κ2) is 5.24. The summed E-state index contributed by atoms with van der Waals surface area (Å²) < 4.78 is 10.9. The van der Waals surface area contributed by atoms with E-state index in [0.29, 0.717) is 0 Å². The summed E-state index contributed by atoms with van der Waals surface area (Å²) in [6, 6.07) is -0.558. The highest BCUT2D eigenvalue weighted by Gasteiger charge is 2.54. The zero-order valence-electron chi connectivity index (χ0n) is 13.3. The van der Waals surface area contributed by atoms with Gasteiger partial charge in [-0.2, -0.15) is 0 Å². The molecule has 6 nitrogen and oxygen atoms in total. The van der Waals surface area contributed by atoms with Crippen LogP contribution in [0.15, 0.2) is 0 Å². The number of carbonyl (C=O) groups excluding carboxylic acids is 1. The van der Waals surface area contributed by atoms with E-state index in [0.717, 1.165) is 0 Å². The Balaban J connectivity index is 3.12. The maximum Gasteiger partial charge on any atom is 0.412 e. The predicted octanol–water partition coefficient (Wildman–Crippen LogP) is 2.47. The van der Waals surface area contributed by atoms with Gasteiger partial charge in [-0.1, -0.05) is 13.8 Å². The lowest BCUT2D eigenvalue weighted by Gasteiger charge is -2.36. The van der Waals surface area contributed by atoms with E-state index in [-0.39, 0.29) is 5.92 Å². The van der Waals surface area contributed by atoms with Gasteiger partial charge >= 0.3 is 12.1 Å². The van der Waals surface area contributed by atoms with Gasteiger partial charge in [-0.25, -0.2) is 9.59 Å². The summed E-state index contributed by atoms with van der Waals surface area (Å²) in [4.78, 5) is 25.1. The summed E-state index contributed by atoms with van der Waals surface area (Å²) in [5, 5.41) is 9.29. The third kappa shape index (κ3) is 3.42. The quantitative estimate of drug-likeness (QED) is 0.844. The fourth-order valence-electron chi connectivity index (χ4n) is 2.43. The summed E-state index contributed by atoms with van der Waals surface area (Å²) in [5.74, 6) is -1.13. The average Bonchev–Trinajstić information content (AvgIpc) is 2.47. The third-order valence-electron chi connectivity index (χ3n) is 3.12. The maximum absolute atomic E-state index is 12.4. The molecule has 1 N–H and O–H groups in total. The van der Waals surface area contributed by atoms with Gasteiger partial charge in [0.05, 0.1) is 6.04 Å². The van der Waals surface area contributed by atoms with Crippen LogP contribution in [0.2, 0.25) is 0 Å². The molecule has 1 unspecified atom stereocenters. The van der Waals surface area contributed by atoms with Crippen molar-refractivity contribution in [3.05, 3.63) is 0 Å². The fourth-order valence-corrected chi connectivity index (χ4v) is 2.43. The highest BCUT2D eigenvalue weighted by Crippen LogP contribution is 2.37. The van der Waals surface area contributed by atoms with Crippen molar-refractivity contribution in [3.63, 3.8) is 0 Å². The first kappa shape index (κ1) is 16.8. The smallest absolute Gasteiger partial charge is 0.412 e. The molecule has 1 aliphatic rings. The Morgan fingerprint density at radius 1 is 1.30 bits per heavy atom. The van der Waals surface area contributed by atoms with Crippen molar-refractivity contribution in [3.8, 4) is 0 Å². The van der Waals surface area contributed by atoms with Crippen LogP contribution in [-0.4, -0.2) is 45.5 Å². The molecule has 0 aromatic carbocycles. The van der Waals surface area contributed by atoms with Gasteiger partial charge in [0.15, 0.2) is 6.10 Å². The molecule has 6 heteroatoms. The van der Waals surface area contributed by atoms with Gasteiger partial charge in [0.2, 0.25) is 0 Å². The number of carbonyl (C=O) groups is 2. The van der Waals surface area contributed by atoms with Crippen molar-refractivity contribution < 1.29 is 24.2 Å². The van der Waals surface area contributed by atoms with Crippen molar-refractivity contribution >= 4 is 12.1 Å². The van der Waals surface area contributed by atoms with Gasteiger partial charge in [-0.3, -0.25) is 4.90 Å². The van der Waals surface area contributed by atoms with Crippen LogP contribution in [0.4, 0.5) is 4.79 Å². The monoisotopic (exact) mass is 287 g/mol. The van der Waals surface area contributed by atoms with Crippen molar-refractivity contribution in [1.82, 2.24) is 4.90 Å². The van der Waals surface area contributed by atoms with Crippen LogP contribution in [0.5, 0.6) is 0 Å². The van der Waals surface area contributed by atoms with Crippen LogP contribution in [-0.2, 0) is 14.3 Å². The number of carboxylic acids is 1. The molecule has 1 fully saturated rings. The predicted molar refractivity (Wildman–Crippen MR) is 73.3 cm³/mol. The van der Waals surface area contributed by atoms with Gasteiger partial charge < -0.3 is 14.6 Å². The Morgan fingerprint density at radius 2 is 1.80 bits per heavy atom. The summed E-state index contributed by atoms with van der Waals surface area (Å²) in [5.41, 5.74) is -1.66. The molecular weight excluding hydrogens is 262 g/mol. The summed E-state index contributed by atoms with van der Waals surface area (Å²) in [6.07, 6.45) is -1.59. The van der Waals surface area contributed by atoms with E-state index in [4.69, 9.17) is 9.47 Å². The number of carboxylic acid groups (broad SMARTS) is 1. The summed E-state index contributed by atoms with van der Waals surface area (Å²) >= 11 is 0. The maximum atomic E-state index is 12.4. The first-order valence-corrected chi connectivity index (χ1v) is 6.80. The lowest BCUT2D eigenvalue weighted by Crippen LogP contribution is -2.52. The van der Waals surface area contributed by atoms with E-state index in [9.17, 15) is 14.7 Å². The number of rotatable bonds is 2. The zero-order valence-corrected chi connectivity index (χ0v) is 13.3. The normalized spacial score (nSPS) is 25.9. The first-order chi connectivity index (χ1) is 8.87. The molecule has 0 aromatic rings. The van der Waals surface area contributed by atoms with Gasteiger partial charge in [0.1, 0.15) is 11.3 Å². The van der Waals surface area contributed by atoms with E-state index in [1.54, 1.807) is 34.6 Å². The van der Waals surface area contributed by atoms with Gasteiger partial charge in [-0.05, 0) is 40.5 Å². The number of amides is 1. The molecule has 0 aliphatic carbocycles. The lowest BCUT2D eigenvalue weighted by atomic mass is 9.97. The number of hydrogen-bond donors (Lipinski definition) is 1. The topological polar surface area (TPSA) is 76.1 Å². The summed E-state index contributed by atoms with van der Waals surface area (Å²) in [7, 11) is 0. The van der Waals surface area contributed by atoms with Gasteiger partial charge in [0.25, 0.3) is 0 Å². The molecule has 0 aromatic heterocycles. The Kier molecular flexibility index (Phi) is 4.39. The number of nitrogens with zero attached hydrogens (tertiary/aromatic N) is 1. The third-order valence-corrected chi connectivity index (χ3v) is 3.12. The summed E-state index contributed by atoms with van der Waals surface area (Å²) in [6.45, 7) is 12.4. The molecule has 2 atom stereocenters. The van der Waals surface area contributed by atoms with Crippen LogP contribution < -0.4 is 0 Å². The molecule has 1 amide bonds. The van der Waals surface area contributed by atoms with Crippen molar-refractivity contribution in [2.45, 2.75) is 71.9 Å². The van der Waals surface area contributed by atoms with E-state index < -0.39 is 35.5 Å². The molecule has 0 radical (unpaired) electrons. The number of aliphatic carboxylic acids is 1. The molecule has 0 spiro atoms. The molecule has 0 saturated carbocycles. The average molecular weight is 287 g/mol. The Hall–Kier alpha value is -1.30. The molecule has 1 aliphatic heterocycles. The zero-order chi connectivity index (χ0) is 15.9. The Bertz CT molecular complexity index is 397. The fraction of sp³-hybridized carbons (Fsp3) is 0.857. The molecule has 0 bridgehead atoms. The highest BCUT2D eigenvalue weighted by atomic mass is 16.6. The first-order valence-electron chi connectivity index (χ1n) is 6.80. The minimum Gasteiger partial charge on any atom is -0.479 e. The van der Waals surface area contributed by atoms with Gasteiger partial charge in [0, 0.05) is 0 Å². The van der Waals surface area contributed by atoms with E-state index >= 15 is 0 Å². The minimum absolute atomic E-state index is 0.0645. The van der Waals surface area contributed by atoms with Crippen molar-refractivity contribution in [2.75, 3.05) is 0 Å². The van der Waals surface area contributed by atoms with Crippen molar-refractivity contribution in [2.24, 2.45) is 5.92 Å². The molecule has 20 heavy (non-hydrogen) atoms. The highest BCUT2D eigenvalue weighted by molar-refractivity contribution is 5.77. The largest absolute Gasteiger partial charge is 0.479 e. The molecule has 1 rings (SSSR count). The second-order valence-corrected chi connectivity index (χ2v) is 6.91. The lowest BCUT2D eigenvalue weighted by molar-refractivity contribution is -0.155. The second-order valence-electron chi connectivity index (χ2n) is 6.91. The molecule has 1 heterocycles. The van der Waals surface area contributed by atoms with Crippen LogP contribution in [0, 0.1) is 5.92 Å². The Labute approximate surface area is 120 Å². The van der Waals surface area contributed by atoms with E-state index in [1.165, 1.54) is 4.90 Å². The van der Waals surface area contributed by atoms with E-state index in [1.807, 2.05) is 13.8 Å². The van der Waals surface area contributed by atoms with E-state index in [2.05, 4.69) is 0 Å². The molecular formula is C14H25NO5. The van der Waals surface area contributed by atoms with Crippen LogP contribution in [0.3, 0.4) is 0 Å². The van der Waals surface area contributed by atoms with Crippen molar-refractivity contribution in [1.29, 1.82) is 0 Å². The molecule has 116 valence electrons. The number of ether oxygens (including phenoxy) is 2. The van der Waals surface area contributed by atoms with Crippen LogP contribution >= 0.6 is 0 Å². The molecule has 1 saturated heterocycles. The number of hydrogen-bond acceptors (Lipinski definition) is 4. The minimum atomic E-state index is -1.07. The Morgan fingerprint density at radius 3 is 2.15 bits per heavy atom. The van der Waals surface area contributed by atoms with Crippen LogP contribution in [0.1, 0.15) is 48.5 Å². The standard InChI is InChI=1S/C14H25NO5/c1-8(2)9-10(11(16)17)19-14(6,7)15(9)12(18)20-13(3,4)5/h8-10H,1-7H3,(H,16,17)/t9-,10?/m0/s1. The van der Waals surface area contributed by atoms with Gasteiger partial charge in [-0.15, -0.1) is 0 Å². The SMILES string of the molecule is CC(C)[C@H]1C(C(=O)O)OC(C)(C)N1C(=O)OC(C)(C)C. The van der Waals surface area contributed by atoms with Crippen LogP contribution in [0.25, 0.3) is 0 Å².